The van der Waals surface area contributed by atoms with E-state index in [1.54, 1.807) is 19.1 Å². The number of aryl methyl sites for hydroxylation is 1. The molecule has 4 nitrogen and oxygen atoms in total. The zero-order valence-corrected chi connectivity index (χ0v) is 13.9. The summed E-state index contributed by atoms with van der Waals surface area (Å²) in [5, 5.41) is 0.428. The maximum Gasteiger partial charge on any atom is 0.263 e. The molecular weight excluding hydrogens is 355 g/mol. The van der Waals surface area contributed by atoms with Gasteiger partial charge in [-0.1, -0.05) is 40.9 Å². The predicted molar refractivity (Wildman–Crippen MR) is 87.9 cm³/mol. The highest BCUT2D eigenvalue weighted by molar-refractivity contribution is 7.92. The van der Waals surface area contributed by atoms with Crippen LogP contribution in [0.25, 0.3) is 0 Å². The highest BCUT2D eigenvalue weighted by Crippen LogP contribution is 2.33. The maximum absolute atomic E-state index is 12.4. The monoisotopic (exact) mass is 364 g/mol. The second kappa shape index (κ2) is 5.93. The Labute approximate surface area is 137 Å². The van der Waals surface area contributed by atoms with Crippen LogP contribution < -0.4 is 10.5 Å². The molecule has 0 aliphatic heterocycles. The van der Waals surface area contributed by atoms with Crippen molar-refractivity contribution in [2.45, 2.75) is 11.8 Å². The van der Waals surface area contributed by atoms with Gasteiger partial charge in [-0.25, -0.2) is 8.42 Å². The van der Waals surface area contributed by atoms with Crippen molar-refractivity contribution in [2.75, 3.05) is 10.5 Å². The topological polar surface area (TPSA) is 72.2 Å². The van der Waals surface area contributed by atoms with Crippen molar-refractivity contribution in [3.63, 3.8) is 0 Å². The number of hydrogen-bond donors (Lipinski definition) is 2. The van der Waals surface area contributed by atoms with Crippen molar-refractivity contribution in [1.29, 1.82) is 0 Å². The van der Waals surface area contributed by atoms with E-state index in [0.29, 0.717) is 11.3 Å². The molecule has 0 aromatic heterocycles. The standard InChI is InChI=1S/C13H11Cl3N2O2S/c1-7-5-9(15)12(6-10(7)17)21(19,20)18-11-4-2-3-8(14)13(11)16/h2-6,18H,17H2,1H3. The van der Waals surface area contributed by atoms with E-state index in [-0.39, 0.29) is 25.7 Å². The normalized spacial score (nSPS) is 11.4. The number of rotatable bonds is 3. The van der Waals surface area contributed by atoms with Crippen LogP contribution in [0.2, 0.25) is 15.1 Å². The van der Waals surface area contributed by atoms with Crippen LogP contribution in [0.4, 0.5) is 11.4 Å². The zero-order valence-electron chi connectivity index (χ0n) is 10.8. The summed E-state index contributed by atoms with van der Waals surface area (Å²) >= 11 is 17.8. The molecule has 21 heavy (non-hydrogen) atoms. The third kappa shape index (κ3) is 3.37. The Balaban J connectivity index is 2.48. The highest BCUT2D eigenvalue weighted by atomic mass is 35.5. The van der Waals surface area contributed by atoms with E-state index in [0.717, 1.165) is 0 Å². The first-order valence-corrected chi connectivity index (χ1v) is 8.36. The summed E-state index contributed by atoms with van der Waals surface area (Å²) in [5.74, 6) is 0. The largest absolute Gasteiger partial charge is 0.398 e. The fraction of sp³-hybridized carbons (Fsp3) is 0.0769. The Kier molecular flexibility index (Phi) is 4.58. The Hall–Kier alpha value is -1.14. The van der Waals surface area contributed by atoms with Gasteiger partial charge in [0.15, 0.2) is 0 Å². The molecule has 2 aromatic carbocycles. The molecule has 3 N–H and O–H groups in total. The van der Waals surface area contributed by atoms with Crippen LogP contribution in [0.5, 0.6) is 0 Å². The molecular formula is C13H11Cl3N2O2S. The number of sulfonamides is 1. The molecule has 0 amide bonds. The van der Waals surface area contributed by atoms with Crippen LogP contribution in [0.3, 0.4) is 0 Å². The molecule has 0 aliphatic carbocycles. The third-order valence-electron chi connectivity index (χ3n) is 2.81. The van der Waals surface area contributed by atoms with Crippen molar-refractivity contribution in [3.05, 3.63) is 51.0 Å². The van der Waals surface area contributed by atoms with Gasteiger partial charge in [0.2, 0.25) is 0 Å². The third-order valence-corrected chi connectivity index (χ3v) is 5.46. The van der Waals surface area contributed by atoms with Crippen LogP contribution in [-0.4, -0.2) is 8.42 Å². The van der Waals surface area contributed by atoms with Gasteiger partial charge in [-0.05, 0) is 36.8 Å². The lowest BCUT2D eigenvalue weighted by Crippen LogP contribution is -2.14. The molecule has 112 valence electrons. The molecule has 2 rings (SSSR count). The molecule has 2 aromatic rings. The lowest BCUT2D eigenvalue weighted by Gasteiger charge is -2.13. The molecule has 0 atom stereocenters. The molecule has 0 unspecified atom stereocenters. The van der Waals surface area contributed by atoms with Gasteiger partial charge in [0.25, 0.3) is 10.0 Å². The number of anilines is 2. The first kappa shape index (κ1) is 16.2. The minimum Gasteiger partial charge on any atom is -0.398 e. The Morgan fingerprint density at radius 3 is 2.43 bits per heavy atom. The number of benzene rings is 2. The van der Waals surface area contributed by atoms with Gasteiger partial charge in [0, 0.05) is 5.69 Å². The molecule has 0 saturated heterocycles. The zero-order chi connectivity index (χ0) is 15.8. The molecule has 0 radical (unpaired) electrons. The summed E-state index contributed by atoms with van der Waals surface area (Å²) in [6.07, 6.45) is 0. The van der Waals surface area contributed by atoms with E-state index in [4.69, 9.17) is 40.5 Å². The van der Waals surface area contributed by atoms with Gasteiger partial charge in [0.1, 0.15) is 4.90 Å². The van der Waals surface area contributed by atoms with E-state index in [1.165, 1.54) is 18.2 Å². The SMILES string of the molecule is Cc1cc(Cl)c(S(=O)(=O)Nc2cccc(Cl)c2Cl)cc1N. The maximum atomic E-state index is 12.4. The molecule has 8 heteroatoms. The van der Waals surface area contributed by atoms with E-state index < -0.39 is 10.0 Å². The predicted octanol–water partition coefficient (Wildman–Crippen LogP) is 4.34. The lowest BCUT2D eigenvalue weighted by atomic mass is 10.2. The Morgan fingerprint density at radius 1 is 1.10 bits per heavy atom. The number of halogens is 3. The molecule has 0 bridgehead atoms. The van der Waals surface area contributed by atoms with E-state index in [1.807, 2.05) is 0 Å². The molecule has 0 saturated carbocycles. The number of nitrogens with one attached hydrogen (secondary N) is 1. The summed E-state index contributed by atoms with van der Waals surface area (Å²) in [6.45, 7) is 1.73. The highest BCUT2D eigenvalue weighted by Gasteiger charge is 2.21. The van der Waals surface area contributed by atoms with Crippen LogP contribution >= 0.6 is 34.8 Å². The summed E-state index contributed by atoms with van der Waals surface area (Å²) in [4.78, 5) is -0.122. The minimum absolute atomic E-state index is 0.0763. The minimum atomic E-state index is -3.93. The number of nitrogens with two attached hydrogens (primary N) is 1. The van der Waals surface area contributed by atoms with Crippen LogP contribution in [-0.2, 0) is 10.0 Å². The van der Waals surface area contributed by atoms with Gasteiger partial charge in [0.05, 0.1) is 20.8 Å². The van der Waals surface area contributed by atoms with Gasteiger partial charge in [-0.2, -0.15) is 0 Å². The van der Waals surface area contributed by atoms with Crippen molar-refractivity contribution in [2.24, 2.45) is 0 Å². The molecule has 0 spiro atoms. The molecule has 0 heterocycles. The second-order valence-electron chi connectivity index (χ2n) is 4.35. The van der Waals surface area contributed by atoms with Crippen LogP contribution in [0.15, 0.2) is 35.2 Å². The molecule has 0 fully saturated rings. The quantitative estimate of drug-likeness (QED) is 0.795. The average Bonchev–Trinajstić information content (AvgIpc) is 2.39. The van der Waals surface area contributed by atoms with Crippen molar-refractivity contribution < 1.29 is 8.42 Å². The second-order valence-corrected chi connectivity index (χ2v) is 7.19. The summed E-state index contributed by atoms with van der Waals surface area (Å²) in [6, 6.07) is 7.43. The van der Waals surface area contributed by atoms with E-state index in [9.17, 15) is 8.42 Å². The first-order valence-electron chi connectivity index (χ1n) is 5.75. The van der Waals surface area contributed by atoms with Crippen LogP contribution in [0, 0.1) is 6.92 Å². The van der Waals surface area contributed by atoms with Crippen molar-refractivity contribution in [3.8, 4) is 0 Å². The van der Waals surface area contributed by atoms with Crippen molar-refractivity contribution >= 4 is 56.2 Å². The summed E-state index contributed by atoms with van der Waals surface area (Å²) in [5.41, 5.74) is 6.93. The van der Waals surface area contributed by atoms with Gasteiger partial charge in [-0.3, -0.25) is 4.72 Å². The van der Waals surface area contributed by atoms with Gasteiger partial charge < -0.3 is 5.73 Å². The first-order chi connectivity index (χ1) is 9.72. The Bertz CT molecular complexity index is 807. The van der Waals surface area contributed by atoms with E-state index >= 15 is 0 Å². The van der Waals surface area contributed by atoms with E-state index in [2.05, 4.69) is 4.72 Å². The summed E-state index contributed by atoms with van der Waals surface area (Å²) < 4.78 is 27.1. The number of hydrogen-bond acceptors (Lipinski definition) is 3. The molecule has 0 aliphatic rings. The van der Waals surface area contributed by atoms with Crippen LogP contribution in [0.1, 0.15) is 5.56 Å². The fourth-order valence-corrected chi connectivity index (χ4v) is 3.75. The van der Waals surface area contributed by atoms with Gasteiger partial charge in [-0.15, -0.1) is 0 Å². The number of nitrogen functional groups attached to an aromatic ring is 1. The summed E-state index contributed by atoms with van der Waals surface area (Å²) in [7, 11) is -3.93. The van der Waals surface area contributed by atoms with Crippen molar-refractivity contribution in [1.82, 2.24) is 0 Å². The average molecular weight is 366 g/mol. The Morgan fingerprint density at radius 2 is 1.76 bits per heavy atom. The van der Waals surface area contributed by atoms with Gasteiger partial charge >= 0.3 is 0 Å². The smallest absolute Gasteiger partial charge is 0.263 e. The lowest BCUT2D eigenvalue weighted by molar-refractivity contribution is 0.601. The fourth-order valence-electron chi connectivity index (χ4n) is 1.66.